The number of rotatable bonds is 3. The Bertz CT molecular complexity index is 1220. The highest BCUT2D eigenvalue weighted by molar-refractivity contribution is 5.94. The summed E-state index contributed by atoms with van der Waals surface area (Å²) >= 11 is 0. The molecule has 6 heteroatoms. The highest BCUT2D eigenvalue weighted by Crippen LogP contribution is 2.32. The second kappa shape index (κ2) is 6.98. The molecule has 0 fully saturated rings. The van der Waals surface area contributed by atoms with E-state index in [1.54, 1.807) is 25.4 Å². The molecule has 0 spiro atoms. The van der Waals surface area contributed by atoms with Crippen LogP contribution >= 0.6 is 0 Å². The van der Waals surface area contributed by atoms with E-state index >= 15 is 0 Å². The Morgan fingerprint density at radius 3 is 2.62 bits per heavy atom. The molecule has 0 saturated heterocycles. The van der Waals surface area contributed by atoms with Gasteiger partial charge in [-0.05, 0) is 42.3 Å². The Morgan fingerprint density at radius 1 is 0.966 bits per heavy atom. The lowest BCUT2D eigenvalue weighted by Crippen LogP contribution is -2.17. The van der Waals surface area contributed by atoms with E-state index < -0.39 is 0 Å². The first-order valence-corrected chi connectivity index (χ1v) is 9.55. The van der Waals surface area contributed by atoms with Gasteiger partial charge in [0.15, 0.2) is 0 Å². The molecule has 6 nitrogen and oxygen atoms in total. The van der Waals surface area contributed by atoms with Crippen LogP contribution in [-0.4, -0.2) is 34.5 Å². The predicted molar refractivity (Wildman–Crippen MR) is 113 cm³/mol. The Hall–Kier alpha value is -3.80. The highest BCUT2D eigenvalue weighted by atomic mass is 16.1. The summed E-state index contributed by atoms with van der Waals surface area (Å²) in [6.45, 7) is 0.883. The topological polar surface area (TPSA) is 71.0 Å². The van der Waals surface area contributed by atoms with E-state index in [1.807, 2.05) is 30.3 Å². The molecule has 1 N–H and O–H groups in total. The molecule has 0 radical (unpaired) electrons. The van der Waals surface area contributed by atoms with Crippen molar-refractivity contribution in [3.63, 3.8) is 0 Å². The number of fused-ring (bicyclic) bond motifs is 2. The van der Waals surface area contributed by atoms with Crippen LogP contribution in [0, 0.1) is 0 Å². The number of benzene rings is 2. The average Bonchev–Trinajstić information content (AvgIpc) is 3.22. The zero-order valence-electron chi connectivity index (χ0n) is 16.0. The monoisotopic (exact) mass is 381 g/mol. The number of carbonyl (C=O) groups is 1. The van der Waals surface area contributed by atoms with E-state index in [0.29, 0.717) is 11.5 Å². The van der Waals surface area contributed by atoms with Crippen molar-refractivity contribution in [1.82, 2.24) is 20.3 Å². The summed E-state index contributed by atoms with van der Waals surface area (Å²) in [6, 6.07) is 19.7. The van der Waals surface area contributed by atoms with Crippen LogP contribution in [0.25, 0.3) is 22.3 Å². The third kappa shape index (κ3) is 3.08. The number of hydrogen-bond donors (Lipinski definition) is 1. The maximum absolute atomic E-state index is 11.7. The first-order valence-electron chi connectivity index (χ1n) is 9.55. The minimum absolute atomic E-state index is 0.104. The molecule has 1 aliphatic rings. The van der Waals surface area contributed by atoms with Crippen LogP contribution in [0.15, 0.2) is 66.9 Å². The molecule has 0 atom stereocenters. The van der Waals surface area contributed by atoms with Gasteiger partial charge in [-0.3, -0.25) is 4.79 Å². The van der Waals surface area contributed by atoms with Crippen molar-refractivity contribution in [2.24, 2.45) is 0 Å². The van der Waals surface area contributed by atoms with Gasteiger partial charge in [0.2, 0.25) is 5.95 Å². The van der Waals surface area contributed by atoms with Gasteiger partial charge in [0, 0.05) is 30.4 Å². The van der Waals surface area contributed by atoms with Gasteiger partial charge in [-0.25, -0.2) is 15.0 Å². The SMILES string of the molecule is CNC(=O)c1ccc(-c2ccc3nc(N4CCc5ccccc54)ncc3n2)cc1. The standard InChI is InChI=1S/C23H19N5O/c1-24-22(29)17-8-6-15(7-9-17)18-10-11-19-20(26-18)14-25-23(27-19)28-13-12-16-4-2-3-5-21(16)28/h2-11,14H,12-13H2,1H3,(H,24,29). The molecule has 1 amide bonds. The second-order valence-corrected chi connectivity index (χ2v) is 6.96. The fourth-order valence-electron chi connectivity index (χ4n) is 3.69. The summed E-state index contributed by atoms with van der Waals surface area (Å²) in [5.74, 6) is 0.597. The van der Waals surface area contributed by atoms with E-state index in [9.17, 15) is 4.79 Å². The molecule has 0 unspecified atom stereocenters. The smallest absolute Gasteiger partial charge is 0.251 e. The molecule has 142 valence electrons. The summed E-state index contributed by atoms with van der Waals surface area (Å²) in [4.78, 5) is 27.9. The fraction of sp³-hybridized carbons (Fsp3) is 0.130. The summed E-state index contributed by atoms with van der Waals surface area (Å²) in [5.41, 5.74) is 6.44. The van der Waals surface area contributed by atoms with Crippen molar-refractivity contribution < 1.29 is 4.79 Å². The van der Waals surface area contributed by atoms with Gasteiger partial charge in [0.05, 0.1) is 17.4 Å². The Morgan fingerprint density at radius 2 is 1.79 bits per heavy atom. The maximum Gasteiger partial charge on any atom is 0.251 e. The Labute approximate surface area is 168 Å². The van der Waals surface area contributed by atoms with Gasteiger partial charge < -0.3 is 10.2 Å². The summed E-state index contributed by atoms with van der Waals surface area (Å²) < 4.78 is 0. The molecule has 1 aliphatic heterocycles. The summed E-state index contributed by atoms with van der Waals surface area (Å²) in [5, 5.41) is 2.62. The minimum Gasteiger partial charge on any atom is -0.355 e. The molecule has 2 aromatic carbocycles. The molecule has 2 aromatic heterocycles. The van der Waals surface area contributed by atoms with Crippen LogP contribution in [0.3, 0.4) is 0 Å². The molecule has 0 aliphatic carbocycles. The molecule has 29 heavy (non-hydrogen) atoms. The Balaban J connectivity index is 1.47. The average molecular weight is 381 g/mol. The minimum atomic E-state index is -0.104. The van der Waals surface area contributed by atoms with Gasteiger partial charge >= 0.3 is 0 Å². The molecule has 0 saturated carbocycles. The summed E-state index contributed by atoms with van der Waals surface area (Å²) in [6.07, 6.45) is 2.78. The van der Waals surface area contributed by atoms with Crippen molar-refractivity contribution in [2.45, 2.75) is 6.42 Å². The Kier molecular flexibility index (Phi) is 4.17. The van der Waals surface area contributed by atoms with Crippen LogP contribution in [0.5, 0.6) is 0 Å². The summed E-state index contributed by atoms with van der Waals surface area (Å²) in [7, 11) is 1.62. The van der Waals surface area contributed by atoms with E-state index in [-0.39, 0.29) is 5.91 Å². The number of aromatic nitrogens is 3. The van der Waals surface area contributed by atoms with Crippen LogP contribution < -0.4 is 10.2 Å². The van der Waals surface area contributed by atoms with Crippen LogP contribution in [0.4, 0.5) is 11.6 Å². The van der Waals surface area contributed by atoms with Crippen LogP contribution in [0.2, 0.25) is 0 Å². The zero-order chi connectivity index (χ0) is 19.8. The second-order valence-electron chi connectivity index (χ2n) is 6.96. The number of anilines is 2. The van der Waals surface area contributed by atoms with Crippen LogP contribution in [0.1, 0.15) is 15.9 Å². The zero-order valence-corrected chi connectivity index (χ0v) is 16.0. The van der Waals surface area contributed by atoms with E-state index in [1.165, 1.54) is 11.3 Å². The third-order valence-corrected chi connectivity index (χ3v) is 5.22. The largest absolute Gasteiger partial charge is 0.355 e. The maximum atomic E-state index is 11.7. The molecule has 4 aromatic rings. The molecule has 5 rings (SSSR count). The van der Waals surface area contributed by atoms with Crippen LogP contribution in [-0.2, 0) is 6.42 Å². The van der Waals surface area contributed by atoms with E-state index in [0.717, 1.165) is 35.3 Å². The van der Waals surface area contributed by atoms with Gasteiger partial charge in [-0.1, -0.05) is 30.3 Å². The number of amides is 1. The number of carbonyl (C=O) groups excluding carboxylic acids is 1. The molecular formula is C23H19N5O. The van der Waals surface area contributed by atoms with Crippen molar-refractivity contribution >= 4 is 28.6 Å². The number of para-hydroxylation sites is 1. The molecule has 3 heterocycles. The van der Waals surface area contributed by atoms with Crippen molar-refractivity contribution in [3.8, 4) is 11.3 Å². The quantitative estimate of drug-likeness (QED) is 0.585. The number of hydrogen-bond acceptors (Lipinski definition) is 5. The first kappa shape index (κ1) is 17.3. The van der Waals surface area contributed by atoms with E-state index in [4.69, 9.17) is 9.97 Å². The normalized spacial score (nSPS) is 12.8. The van der Waals surface area contributed by atoms with Gasteiger partial charge in [-0.15, -0.1) is 0 Å². The lowest BCUT2D eigenvalue weighted by Gasteiger charge is -2.17. The predicted octanol–water partition coefficient (Wildman–Crippen LogP) is 3.75. The van der Waals surface area contributed by atoms with Crippen molar-refractivity contribution in [3.05, 3.63) is 78.0 Å². The number of nitrogens with zero attached hydrogens (tertiary/aromatic N) is 4. The first-order chi connectivity index (χ1) is 14.2. The number of pyridine rings is 1. The van der Waals surface area contributed by atoms with Gasteiger partial charge in [-0.2, -0.15) is 0 Å². The van der Waals surface area contributed by atoms with Gasteiger partial charge in [0.1, 0.15) is 5.52 Å². The number of nitrogens with one attached hydrogen (secondary N) is 1. The molecule has 0 bridgehead atoms. The lowest BCUT2D eigenvalue weighted by atomic mass is 10.1. The highest BCUT2D eigenvalue weighted by Gasteiger charge is 2.22. The fourth-order valence-corrected chi connectivity index (χ4v) is 3.69. The molecular weight excluding hydrogens is 362 g/mol. The van der Waals surface area contributed by atoms with Gasteiger partial charge in [0.25, 0.3) is 5.91 Å². The van der Waals surface area contributed by atoms with Crippen molar-refractivity contribution in [2.75, 3.05) is 18.5 Å². The van der Waals surface area contributed by atoms with E-state index in [2.05, 4.69) is 33.4 Å². The van der Waals surface area contributed by atoms with Crippen molar-refractivity contribution in [1.29, 1.82) is 0 Å². The third-order valence-electron chi connectivity index (χ3n) is 5.22. The lowest BCUT2D eigenvalue weighted by molar-refractivity contribution is 0.0963.